The standard InChI is InChI=1S/C33H32FNO3/c1-33(2)29-16-15-25-24-13-9-21(19-5-3-4-6-19)17-22(24)10-14-26(25)27(29)18-28(31(33)38-32(35)37)30(36)20-7-11-23(34)12-8-20/h7-9,11-19,28,31H,3-6,10H2,1-2H3,(H2,35,37). The van der Waals surface area contributed by atoms with Crippen molar-refractivity contribution in [2.75, 3.05) is 0 Å². The molecule has 3 aliphatic carbocycles. The van der Waals surface area contributed by atoms with E-state index in [9.17, 15) is 14.0 Å². The fraction of sp³-hybridized carbons (Fsp3) is 0.333. The molecule has 0 heterocycles. The molecule has 1 fully saturated rings. The first kappa shape index (κ1) is 24.6. The van der Waals surface area contributed by atoms with Crippen LogP contribution in [0.25, 0.3) is 23.3 Å². The van der Waals surface area contributed by atoms with Crippen molar-refractivity contribution in [1.29, 1.82) is 0 Å². The zero-order chi connectivity index (χ0) is 26.6. The second kappa shape index (κ2) is 9.23. The number of hydrogen-bond acceptors (Lipinski definition) is 3. The van der Waals surface area contributed by atoms with E-state index in [-0.39, 0.29) is 5.78 Å². The molecule has 1 amide bonds. The van der Waals surface area contributed by atoms with Gasteiger partial charge in [0.1, 0.15) is 11.9 Å². The molecule has 4 nitrogen and oxygen atoms in total. The SMILES string of the molecule is CC1(C)c2ccc3c(c2=CC(C(=O)c2ccc(F)cc2)C1OC(N)=O)=CCc1cc(C2CCCC2)ccc1-3. The minimum absolute atomic E-state index is 0.231. The van der Waals surface area contributed by atoms with Gasteiger partial charge >= 0.3 is 6.09 Å². The van der Waals surface area contributed by atoms with Gasteiger partial charge in [0.15, 0.2) is 5.78 Å². The quantitative estimate of drug-likeness (QED) is 0.471. The minimum atomic E-state index is -0.923. The van der Waals surface area contributed by atoms with Crippen molar-refractivity contribution >= 4 is 24.0 Å². The number of ketones is 1. The lowest BCUT2D eigenvalue weighted by Gasteiger charge is -2.41. The summed E-state index contributed by atoms with van der Waals surface area (Å²) in [4.78, 5) is 25.7. The van der Waals surface area contributed by atoms with Gasteiger partial charge < -0.3 is 10.5 Å². The van der Waals surface area contributed by atoms with Crippen molar-refractivity contribution in [1.82, 2.24) is 0 Å². The maximum absolute atomic E-state index is 13.7. The Morgan fingerprint density at radius 3 is 2.37 bits per heavy atom. The van der Waals surface area contributed by atoms with E-state index < -0.39 is 29.3 Å². The van der Waals surface area contributed by atoms with Crippen molar-refractivity contribution in [2.24, 2.45) is 11.7 Å². The van der Waals surface area contributed by atoms with Crippen LogP contribution in [-0.4, -0.2) is 18.0 Å². The van der Waals surface area contributed by atoms with Crippen molar-refractivity contribution in [3.8, 4) is 11.1 Å². The predicted octanol–water partition coefficient (Wildman–Crippen LogP) is 5.52. The molecule has 38 heavy (non-hydrogen) atoms. The molecule has 3 aromatic carbocycles. The number of nitrogens with two attached hydrogens (primary N) is 1. The summed E-state index contributed by atoms with van der Waals surface area (Å²) in [6, 6.07) is 16.7. The Labute approximate surface area is 222 Å². The zero-order valence-corrected chi connectivity index (χ0v) is 21.8. The molecule has 6 rings (SSSR count). The Kier molecular flexibility index (Phi) is 5.97. The van der Waals surface area contributed by atoms with Gasteiger partial charge in [-0.15, -0.1) is 0 Å². The van der Waals surface area contributed by atoms with Gasteiger partial charge in [0, 0.05) is 11.0 Å². The number of amides is 1. The van der Waals surface area contributed by atoms with Gasteiger partial charge in [-0.2, -0.15) is 0 Å². The van der Waals surface area contributed by atoms with Crippen LogP contribution in [-0.2, 0) is 16.6 Å². The number of hydrogen-bond donors (Lipinski definition) is 1. The smallest absolute Gasteiger partial charge is 0.404 e. The molecule has 2 atom stereocenters. The van der Waals surface area contributed by atoms with Gasteiger partial charge in [-0.3, -0.25) is 4.79 Å². The van der Waals surface area contributed by atoms with E-state index in [1.807, 2.05) is 19.9 Å². The molecule has 1 saturated carbocycles. The monoisotopic (exact) mass is 509 g/mol. The van der Waals surface area contributed by atoms with E-state index in [2.05, 4.69) is 36.4 Å². The van der Waals surface area contributed by atoms with Crippen LogP contribution in [0.1, 0.15) is 72.5 Å². The summed E-state index contributed by atoms with van der Waals surface area (Å²) < 4.78 is 19.2. The highest BCUT2D eigenvalue weighted by molar-refractivity contribution is 6.02. The summed E-state index contributed by atoms with van der Waals surface area (Å²) in [6.45, 7) is 3.96. The number of ether oxygens (including phenoxy) is 1. The Bertz CT molecular complexity index is 1560. The highest BCUT2D eigenvalue weighted by Gasteiger charge is 2.45. The number of carbonyl (C=O) groups excluding carboxylic acids is 2. The van der Waals surface area contributed by atoms with Gasteiger partial charge in [0.2, 0.25) is 0 Å². The molecular weight excluding hydrogens is 477 g/mol. The van der Waals surface area contributed by atoms with Crippen LogP contribution in [0, 0.1) is 11.7 Å². The number of halogens is 1. The van der Waals surface area contributed by atoms with E-state index in [0.717, 1.165) is 28.0 Å². The molecule has 2 unspecified atom stereocenters. The van der Waals surface area contributed by atoms with Gasteiger partial charge in [-0.05, 0) is 87.7 Å². The first-order valence-corrected chi connectivity index (χ1v) is 13.5. The van der Waals surface area contributed by atoms with Crippen LogP contribution in [0.3, 0.4) is 0 Å². The summed E-state index contributed by atoms with van der Waals surface area (Å²) >= 11 is 0. The summed E-state index contributed by atoms with van der Waals surface area (Å²) in [7, 11) is 0. The van der Waals surface area contributed by atoms with Crippen LogP contribution in [0.5, 0.6) is 0 Å². The number of rotatable bonds is 4. The second-order valence-electron chi connectivity index (χ2n) is 11.4. The van der Waals surface area contributed by atoms with E-state index in [4.69, 9.17) is 10.5 Å². The molecule has 0 radical (unpaired) electrons. The number of primary amides is 1. The average molecular weight is 510 g/mol. The Balaban J connectivity index is 1.50. The molecule has 0 saturated heterocycles. The highest BCUT2D eigenvalue weighted by atomic mass is 19.1. The van der Waals surface area contributed by atoms with Gasteiger partial charge in [0.25, 0.3) is 0 Å². The Morgan fingerprint density at radius 2 is 1.66 bits per heavy atom. The largest absolute Gasteiger partial charge is 0.444 e. The Morgan fingerprint density at radius 1 is 0.947 bits per heavy atom. The first-order chi connectivity index (χ1) is 18.2. The highest BCUT2D eigenvalue weighted by Crippen LogP contribution is 2.39. The lowest BCUT2D eigenvalue weighted by Crippen LogP contribution is -2.54. The zero-order valence-electron chi connectivity index (χ0n) is 21.8. The lowest BCUT2D eigenvalue weighted by molar-refractivity contribution is 0.0342. The van der Waals surface area contributed by atoms with Crippen LogP contribution in [0.2, 0.25) is 0 Å². The molecule has 0 aliphatic heterocycles. The van der Waals surface area contributed by atoms with Crippen molar-refractivity contribution in [3.63, 3.8) is 0 Å². The van der Waals surface area contributed by atoms with Crippen LogP contribution >= 0.6 is 0 Å². The molecule has 0 bridgehead atoms. The normalized spacial score (nSPS) is 21.3. The molecular formula is C33H32FNO3. The molecule has 0 spiro atoms. The molecule has 194 valence electrons. The van der Waals surface area contributed by atoms with Gasteiger partial charge in [0.05, 0.1) is 5.92 Å². The third-order valence-corrected chi connectivity index (χ3v) is 8.81. The van der Waals surface area contributed by atoms with Crippen molar-refractivity contribution in [3.05, 3.63) is 93.1 Å². The number of fused-ring (bicyclic) bond motifs is 5. The second-order valence-corrected chi connectivity index (χ2v) is 11.4. The molecule has 0 aromatic heterocycles. The van der Waals surface area contributed by atoms with Crippen molar-refractivity contribution in [2.45, 2.75) is 63.4 Å². The number of benzene rings is 3. The number of carbonyl (C=O) groups is 2. The third kappa shape index (κ3) is 4.05. The third-order valence-electron chi connectivity index (χ3n) is 8.81. The fourth-order valence-electron chi connectivity index (χ4n) is 6.84. The van der Waals surface area contributed by atoms with E-state index in [0.29, 0.717) is 11.5 Å². The fourth-order valence-corrected chi connectivity index (χ4v) is 6.84. The summed E-state index contributed by atoms with van der Waals surface area (Å²) in [5, 5.41) is 2.09. The van der Waals surface area contributed by atoms with Crippen LogP contribution in [0.15, 0.2) is 54.6 Å². The summed E-state index contributed by atoms with van der Waals surface area (Å²) in [5.74, 6) is -0.741. The van der Waals surface area contributed by atoms with Crippen LogP contribution < -0.4 is 16.2 Å². The first-order valence-electron chi connectivity index (χ1n) is 13.5. The predicted molar refractivity (Wildman–Crippen MR) is 147 cm³/mol. The average Bonchev–Trinajstić information content (AvgIpc) is 3.44. The minimum Gasteiger partial charge on any atom is -0.444 e. The topological polar surface area (TPSA) is 69.4 Å². The maximum atomic E-state index is 13.7. The lowest BCUT2D eigenvalue weighted by atomic mass is 9.67. The van der Waals surface area contributed by atoms with Crippen molar-refractivity contribution < 1.29 is 18.7 Å². The maximum Gasteiger partial charge on any atom is 0.404 e. The van der Waals surface area contributed by atoms with Gasteiger partial charge in [-0.25, -0.2) is 9.18 Å². The number of Topliss-reactive ketones (excluding diaryl/α,β-unsaturated/α-hetero) is 1. The van der Waals surface area contributed by atoms with E-state index in [1.165, 1.54) is 66.6 Å². The molecule has 3 aromatic rings. The Hall–Kier alpha value is -3.73. The molecule has 5 heteroatoms. The molecule has 3 aliphatic rings. The van der Waals surface area contributed by atoms with E-state index >= 15 is 0 Å². The summed E-state index contributed by atoms with van der Waals surface area (Å²) in [6.07, 6.45) is 8.46. The van der Waals surface area contributed by atoms with E-state index in [1.54, 1.807) is 0 Å². The van der Waals surface area contributed by atoms with Crippen LogP contribution in [0.4, 0.5) is 9.18 Å². The van der Waals surface area contributed by atoms with Gasteiger partial charge in [-0.1, -0.05) is 69.2 Å². The summed E-state index contributed by atoms with van der Waals surface area (Å²) in [5.41, 5.74) is 11.3. The molecule has 2 N–H and O–H groups in total.